The molecule has 1 unspecified atom stereocenters. The van der Waals surface area contributed by atoms with Crippen LogP contribution in [0.5, 0.6) is 0 Å². The van der Waals surface area contributed by atoms with Crippen LogP contribution >= 0.6 is 20.0 Å². The van der Waals surface area contributed by atoms with Crippen LogP contribution in [0.4, 0.5) is 0 Å². The highest BCUT2D eigenvalue weighted by Gasteiger charge is 1.94. The smallest absolute Gasteiger partial charge is 0.183 e. The van der Waals surface area contributed by atoms with E-state index in [4.69, 9.17) is 16.5 Å². The second-order valence-electron chi connectivity index (χ2n) is 0.654. The van der Waals surface area contributed by atoms with Gasteiger partial charge in [0.15, 0.2) is 8.38 Å². The SMILES string of the molecule is COP(O)CCl. The molecule has 0 saturated heterocycles. The Labute approximate surface area is 43.0 Å². The lowest BCUT2D eigenvalue weighted by molar-refractivity contribution is 0.395. The van der Waals surface area contributed by atoms with Crippen molar-refractivity contribution >= 4 is 20.0 Å². The molecule has 38 valence electrons. The van der Waals surface area contributed by atoms with E-state index in [2.05, 4.69) is 4.52 Å². The quantitative estimate of drug-likeness (QED) is 0.446. The van der Waals surface area contributed by atoms with Gasteiger partial charge in [-0.1, -0.05) is 0 Å². The van der Waals surface area contributed by atoms with Gasteiger partial charge in [-0.2, -0.15) is 0 Å². The lowest BCUT2D eigenvalue weighted by Gasteiger charge is -1.97. The van der Waals surface area contributed by atoms with E-state index < -0.39 is 8.38 Å². The molecule has 0 aromatic carbocycles. The maximum atomic E-state index is 8.38. The van der Waals surface area contributed by atoms with Gasteiger partial charge in [0.25, 0.3) is 0 Å². The highest BCUT2D eigenvalue weighted by atomic mass is 35.5. The fraction of sp³-hybridized carbons (Fsp3) is 1.00. The highest BCUT2D eigenvalue weighted by molar-refractivity contribution is 7.48. The van der Waals surface area contributed by atoms with Crippen molar-refractivity contribution in [2.45, 2.75) is 0 Å². The Morgan fingerprint density at radius 1 is 2.00 bits per heavy atom. The van der Waals surface area contributed by atoms with E-state index in [1.165, 1.54) is 7.11 Å². The molecular formula is C2H6ClO2P. The Kier molecular flexibility index (Phi) is 4.22. The van der Waals surface area contributed by atoms with E-state index in [1.807, 2.05) is 0 Å². The third kappa shape index (κ3) is 2.86. The van der Waals surface area contributed by atoms with Crippen LogP contribution in [0, 0.1) is 0 Å². The summed E-state index contributed by atoms with van der Waals surface area (Å²) in [5.74, 6) is 0. The van der Waals surface area contributed by atoms with Crippen molar-refractivity contribution in [1.29, 1.82) is 0 Å². The zero-order chi connectivity index (χ0) is 4.99. The molecule has 0 bridgehead atoms. The lowest BCUT2D eigenvalue weighted by atomic mass is 11.8. The van der Waals surface area contributed by atoms with Gasteiger partial charge in [0, 0.05) is 7.11 Å². The third-order valence-electron chi connectivity index (χ3n) is 0.313. The molecule has 1 N–H and O–H groups in total. The molecule has 0 radical (unpaired) electrons. The van der Waals surface area contributed by atoms with Crippen LogP contribution in [0.3, 0.4) is 0 Å². The standard InChI is InChI=1S/C2H6ClO2P/c1-5-6(4)2-3/h4H,2H2,1H3. The third-order valence-corrected chi connectivity index (χ3v) is 1.55. The molecule has 0 saturated carbocycles. The Morgan fingerprint density at radius 3 is 2.50 bits per heavy atom. The van der Waals surface area contributed by atoms with Crippen molar-refractivity contribution in [2.75, 3.05) is 12.7 Å². The molecule has 2 nitrogen and oxygen atoms in total. The average Bonchev–Trinajstić information content (AvgIpc) is 1.65. The van der Waals surface area contributed by atoms with Crippen LogP contribution in [0.15, 0.2) is 0 Å². The van der Waals surface area contributed by atoms with Gasteiger partial charge in [-0.05, 0) is 0 Å². The van der Waals surface area contributed by atoms with Gasteiger partial charge in [0.1, 0.15) is 0 Å². The first kappa shape index (κ1) is 6.64. The monoisotopic (exact) mass is 128 g/mol. The van der Waals surface area contributed by atoms with E-state index in [0.29, 0.717) is 0 Å². The maximum Gasteiger partial charge on any atom is 0.183 e. The summed E-state index contributed by atoms with van der Waals surface area (Å²) in [6, 6.07) is 0. The van der Waals surface area contributed by atoms with Crippen molar-refractivity contribution in [3.63, 3.8) is 0 Å². The van der Waals surface area contributed by atoms with E-state index in [9.17, 15) is 0 Å². The summed E-state index contributed by atoms with van der Waals surface area (Å²) in [5.41, 5.74) is 0.200. The number of alkyl halides is 1. The molecule has 4 heteroatoms. The van der Waals surface area contributed by atoms with Gasteiger partial charge in [0.2, 0.25) is 0 Å². The van der Waals surface area contributed by atoms with Crippen LogP contribution < -0.4 is 0 Å². The fourth-order valence-corrected chi connectivity index (χ4v) is 0.439. The topological polar surface area (TPSA) is 29.5 Å². The first-order chi connectivity index (χ1) is 2.81. The predicted octanol–water partition coefficient (Wildman–Crippen LogP) is 1.13. The van der Waals surface area contributed by atoms with Crippen molar-refractivity contribution in [1.82, 2.24) is 0 Å². The van der Waals surface area contributed by atoms with E-state index in [1.54, 1.807) is 0 Å². The second-order valence-corrected chi connectivity index (χ2v) is 2.68. The van der Waals surface area contributed by atoms with Crippen molar-refractivity contribution < 1.29 is 9.42 Å². The van der Waals surface area contributed by atoms with E-state index in [-0.39, 0.29) is 5.62 Å². The summed E-state index contributed by atoms with van der Waals surface area (Å²) in [5, 5.41) is 0. The van der Waals surface area contributed by atoms with Crippen LogP contribution in [0.2, 0.25) is 0 Å². The van der Waals surface area contributed by atoms with Gasteiger partial charge < -0.3 is 9.42 Å². The van der Waals surface area contributed by atoms with Crippen molar-refractivity contribution in [2.24, 2.45) is 0 Å². The highest BCUT2D eigenvalue weighted by Crippen LogP contribution is 2.29. The fourth-order valence-electron chi connectivity index (χ4n) is 0.0488. The summed E-state index contributed by atoms with van der Waals surface area (Å²) >= 11 is 5.11. The molecule has 0 heterocycles. The van der Waals surface area contributed by atoms with Crippen LogP contribution in [-0.4, -0.2) is 17.6 Å². The van der Waals surface area contributed by atoms with E-state index >= 15 is 0 Å². The molecule has 0 spiro atoms. The molecule has 0 aromatic heterocycles. The van der Waals surface area contributed by atoms with E-state index in [0.717, 1.165) is 0 Å². The lowest BCUT2D eigenvalue weighted by Crippen LogP contribution is -1.73. The molecule has 1 atom stereocenters. The van der Waals surface area contributed by atoms with Crippen molar-refractivity contribution in [3.8, 4) is 0 Å². The normalized spacial score (nSPS) is 14.5. The van der Waals surface area contributed by atoms with Gasteiger partial charge in [-0.25, -0.2) is 0 Å². The van der Waals surface area contributed by atoms with Gasteiger partial charge in [-0.3, -0.25) is 0 Å². The number of hydrogen-bond acceptors (Lipinski definition) is 2. The summed E-state index contributed by atoms with van der Waals surface area (Å²) in [7, 11) is 0.114. The molecule has 0 aliphatic rings. The zero-order valence-corrected chi connectivity index (χ0v) is 5.04. The Bertz CT molecular complexity index is 30.7. The predicted molar refractivity (Wildman–Crippen MR) is 26.9 cm³/mol. The van der Waals surface area contributed by atoms with Crippen LogP contribution in [-0.2, 0) is 4.52 Å². The first-order valence-electron chi connectivity index (χ1n) is 1.37. The molecule has 0 amide bonds. The summed E-state index contributed by atoms with van der Waals surface area (Å²) in [6.07, 6.45) is 0. The minimum absolute atomic E-state index is 0.200. The van der Waals surface area contributed by atoms with Crippen LogP contribution in [0.1, 0.15) is 0 Å². The van der Waals surface area contributed by atoms with Crippen molar-refractivity contribution in [3.05, 3.63) is 0 Å². The minimum Gasteiger partial charge on any atom is -0.349 e. The summed E-state index contributed by atoms with van der Waals surface area (Å²) in [4.78, 5) is 8.38. The number of rotatable bonds is 2. The van der Waals surface area contributed by atoms with Gasteiger partial charge >= 0.3 is 0 Å². The summed E-state index contributed by atoms with van der Waals surface area (Å²) in [6.45, 7) is 0. The molecule has 0 fully saturated rings. The Hall–Kier alpha value is 0.640. The molecular weight excluding hydrogens is 122 g/mol. The largest absolute Gasteiger partial charge is 0.349 e. The van der Waals surface area contributed by atoms with Gasteiger partial charge in [0.05, 0.1) is 5.62 Å². The number of halogens is 1. The Balaban J connectivity index is 2.75. The number of hydrogen-bond donors (Lipinski definition) is 1. The molecule has 0 aromatic rings. The molecule has 0 rings (SSSR count). The zero-order valence-electron chi connectivity index (χ0n) is 3.39. The second kappa shape index (κ2) is 3.82. The average molecular weight is 128 g/mol. The molecule has 6 heavy (non-hydrogen) atoms. The first-order valence-corrected chi connectivity index (χ1v) is 3.31. The molecule has 0 aliphatic heterocycles. The Morgan fingerprint density at radius 2 is 2.50 bits per heavy atom. The van der Waals surface area contributed by atoms with Crippen LogP contribution in [0.25, 0.3) is 0 Å². The summed E-state index contributed by atoms with van der Waals surface area (Å²) < 4.78 is 4.39. The maximum absolute atomic E-state index is 8.38. The minimum atomic E-state index is -1.31. The molecule has 0 aliphatic carbocycles. The van der Waals surface area contributed by atoms with Gasteiger partial charge in [-0.15, -0.1) is 11.6 Å².